The Morgan fingerprint density at radius 1 is 1.32 bits per heavy atom. The molecule has 1 atom stereocenters. The van der Waals surface area contributed by atoms with Gasteiger partial charge in [-0.15, -0.1) is 0 Å². The van der Waals surface area contributed by atoms with Crippen molar-refractivity contribution in [3.05, 3.63) is 29.8 Å². The van der Waals surface area contributed by atoms with Gasteiger partial charge >= 0.3 is 6.18 Å². The number of anilines is 1. The van der Waals surface area contributed by atoms with E-state index in [0.29, 0.717) is 0 Å². The van der Waals surface area contributed by atoms with Crippen molar-refractivity contribution in [3.63, 3.8) is 0 Å². The molecule has 0 heterocycles. The van der Waals surface area contributed by atoms with Crippen LogP contribution in [0.5, 0.6) is 0 Å². The summed E-state index contributed by atoms with van der Waals surface area (Å²) in [4.78, 5) is 0. The van der Waals surface area contributed by atoms with Crippen molar-refractivity contribution in [1.82, 2.24) is 5.32 Å². The van der Waals surface area contributed by atoms with E-state index in [1.165, 1.54) is 13.0 Å². The molecule has 0 aliphatic rings. The molecular weight excluding hydrogens is 281 g/mol. The molecule has 0 saturated heterocycles. The van der Waals surface area contributed by atoms with Crippen LogP contribution in [0, 0.1) is 0 Å². The lowest BCUT2D eigenvalue weighted by atomic mass is 10.2. The van der Waals surface area contributed by atoms with Crippen molar-refractivity contribution in [1.29, 1.82) is 0 Å². The van der Waals surface area contributed by atoms with Crippen LogP contribution < -0.4 is 10.0 Å². The summed E-state index contributed by atoms with van der Waals surface area (Å²) in [6.07, 6.45) is -4.50. The van der Waals surface area contributed by atoms with Crippen LogP contribution in [0.2, 0.25) is 0 Å². The monoisotopic (exact) mass is 296 g/mol. The molecule has 1 aromatic rings. The molecule has 0 amide bonds. The molecule has 2 N–H and O–H groups in total. The number of alkyl halides is 3. The summed E-state index contributed by atoms with van der Waals surface area (Å²) in [5.74, 6) is 0. The Balaban J connectivity index is 2.95. The molecule has 1 rings (SSSR count). The molecule has 0 radical (unpaired) electrons. The van der Waals surface area contributed by atoms with E-state index in [9.17, 15) is 21.6 Å². The number of halogens is 3. The molecular formula is C11H15F3N2O2S. The molecule has 19 heavy (non-hydrogen) atoms. The maximum absolute atomic E-state index is 12.5. The molecule has 1 aromatic carbocycles. The fourth-order valence-corrected chi connectivity index (χ4v) is 2.46. The molecule has 4 nitrogen and oxygen atoms in total. The van der Waals surface area contributed by atoms with Gasteiger partial charge in [0, 0.05) is 12.2 Å². The van der Waals surface area contributed by atoms with Gasteiger partial charge in [0.25, 0.3) is 0 Å². The Morgan fingerprint density at radius 3 is 2.47 bits per heavy atom. The van der Waals surface area contributed by atoms with E-state index in [4.69, 9.17) is 0 Å². The van der Waals surface area contributed by atoms with Crippen LogP contribution in [-0.2, 0) is 16.2 Å². The maximum Gasteiger partial charge on any atom is 0.416 e. The zero-order chi connectivity index (χ0) is 14.7. The van der Waals surface area contributed by atoms with Gasteiger partial charge in [-0.25, -0.2) is 8.42 Å². The second kappa shape index (κ2) is 5.79. The van der Waals surface area contributed by atoms with Crippen LogP contribution in [0.15, 0.2) is 24.3 Å². The molecule has 0 bridgehead atoms. The van der Waals surface area contributed by atoms with Crippen molar-refractivity contribution >= 4 is 15.7 Å². The second-order valence-corrected chi connectivity index (χ2v) is 6.19. The van der Waals surface area contributed by atoms with Crippen molar-refractivity contribution in [3.8, 4) is 0 Å². The minimum atomic E-state index is -4.50. The van der Waals surface area contributed by atoms with Gasteiger partial charge in [-0.3, -0.25) is 4.72 Å². The zero-order valence-corrected chi connectivity index (χ0v) is 11.3. The topological polar surface area (TPSA) is 58.2 Å². The van der Waals surface area contributed by atoms with Crippen molar-refractivity contribution in [2.45, 2.75) is 18.3 Å². The van der Waals surface area contributed by atoms with Gasteiger partial charge in [0.05, 0.1) is 10.8 Å². The fraction of sp³-hybridized carbons (Fsp3) is 0.455. The molecule has 0 saturated carbocycles. The third kappa shape index (κ3) is 4.39. The molecule has 0 spiro atoms. The number of nitrogens with one attached hydrogen (secondary N) is 2. The molecule has 108 valence electrons. The van der Waals surface area contributed by atoms with E-state index in [0.717, 1.165) is 18.2 Å². The molecule has 1 unspecified atom stereocenters. The highest BCUT2D eigenvalue weighted by Crippen LogP contribution is 2.30. The Bertz CT molecular complexity index is 529. The maximum atomic E-state index is 12.5. The highest BCUT2D eigenvalue weighted by molar-refractivity contribution is 7.93. The summed E-state index contributed by atoms with van der Waals surface area (Å²) in [5, 5.41) is 1.94. The van der Waals surface area contributed by atoms with E-state index >= 15 is 0 Å². The van der Waals surface area contributed by atoms with Crippen molar-refractivity contribution in [2.75, 3.05) is 18.3 Å². The normalized spacial score (nSPS) is 14.2. The Hall–Kier alpha value is -1.28. The molecule has 0 fully saturated rings. The van der Waals surface area contributed by atoms with E-state index in [-0.39, 0.29) is 12.2 Å². The Labute approximate surface area is 110 Å². The number of benzene rings is 1. The quantitative estimate of drug-likeness (QED) is 0.874. The van der Waals surface area contributed by atoms with Crippen LogP contribution in [0.4, 0.5) is 18.9 Å². The number of rotatable bonds is 5. The van der Waals surface area contributed by atoms with Crippen LogP contribution in [0.1, 0.15) is 12.5 Å². The summed E-state index contributed by atoms with van der Waals surface area (Å²) in [5.41, 5.74) is -0.994. The van der Waals surface area contributed by atoms with Gasteiger partial charge in [-0.2, -0.15) is 13.2 Å². The lowest BCUT2D eigenvalue weighted by molar-refractivity contribution is -0.137. The van der Waals surface area contributed by atoms with Crippen LogP contribution in [0.25, 0.3) is 0 Å². The number of hydrogen-bond donors (Lipinski definition) is 2. The largest absolute Gasteiger partial charge is 0.416 e. The highest BCUT2D eigenvalue weighted by atomic mass is 32.2. The Kier molecular flexibility index (Phi) is 4.81. The van der Waals surface area contributed by atoms with E-state index in [2.05, 4.69) is 10.0 Å². The fourth-order valence-electron chi connectivity index (χ4n) is 1.42. The molecule has 0 aromatic heterocycles. The standard InChI is InChI=1S/C11H15F3N2O2S/c1-8(7-15-2)19(17,18)16-10-5-3-4-9(6-10)11(12,13)14/h3-6,8,15-16H,7H2,1-2H3. The molecule has 8 heteroatoms. The average molecular weight is 296 g/mol. The van der Waals surface area contributed by atoms with Gasteiger partial charge in [-0.1, -0.05) is 6.07 Å². The molecule has 0 aliphatic heterocycles. The predicted octanol–water partition coefficient (Wildman–Crippen LogP) is 2.05. The summed E-state index contributed by atoms with van der Waals surface area (Å²) in [7, 11) is -2.12. The van der Waals surface area contributed by atoms with E-state index in [1.807, 2.05) is 0 Å². The van der Waals surface area contributed by atoms with E-state index < -0.39 is 27.0 Å². The number of hydrogen-bond acceptors (Lipinski definition) is 3. The minimum absolute atomic E-state index is 0.0993. The van der Waals surface area contributed by atoms with E-state index in [1.54, 1.807) is 7.05 Å². The van der Waals surface area contributed by atoms with Crippen LogP contribution in [0.3, 0.4) is 0 Å². The summed E-state index contributed by atoms with van der Waals surface area (Å²) >= 11 is 0. The minimum Gasteiger partial charge on any atom is -0.318 e. The lowest BCUT2D eigenvalue weighted by Crippen LogP contribution is -2.33. The third-order valence-corrected chi connectivity index (χ3v) is 4.22. The van der Waals surface area contributed by atoms with Gasteiger partial charge in [0.1, 0.15) is 0 Å². The van der Waals surface area contributed by atoms with Gasteiger partial charge in [0.2, 0.25) is 10.0 Å². The van der Waals surface area contributed by atoms with Gasteiger partial charge in [-0.05, 0) is 32.2 Å². The van der Waals surface area contributed by atoms with Gasteiger partial charge in [0.15, 0.2) is 0 Å². The van der Waals surface area contributed by atoms with Crippen LogP contribution >= 0.6 is 0 Å². The second-order valence-electron chi connectivity index (χ2n) is 4.09. The third-order valence-electron chi connectivity index (χ3n) is 2.47. The predicted molar refractivity (Wildman–Crippen MR) is 67.4 cm³/mol. The zero-order valence-electron chi connectivity index (χ0n) is 10.5. The summed E-state index contributed by atoms with van der Waals surface area (Å²) in [6.45, 7) is 1.67. The van der Waals surface area contributed by atoms with Crippen molar-refractivity contribution < 1.29 is 21.6 Å². The first-order valence-electron chi connectivity index (χ1n) is 5.50. The Morgan fingerprint density at radius 2 is 1.95 bits per heavy atom. The summed E-state index contributed by atoms with van der Waals surface area (Å²) in [6, 6.07) is 4.08. The van der Waals surface area contributed by atoms with Gasteiger partial charge < -0.3 is 5.32 Å². The first-order chi connectivity index (χ1) is 8.66. The average Bonchev–Trinajstić information content (AvgIpc) is 2.28. The highest BCUT2D eigenvalue weighted by Gasteiger charge is 2.31. The number of sulfonamides is 1. The SMILES string of the molecule is CNCC(C)S(=O)(=O)Nc1cccc(C(F)(F)F)c1. The molecule has 0 aliphatic carbocycles. The lowest BCUT2D eigenvalue weighted by Gasteiger charge is -2.15. The first kappa shape index (κ1) is 15.8. The first-order valence-corrected chi connectivity index (χ1v) is 7.05. The smallest absolute Gasteiger partial charge is 0.318 e. The van der Waals surface area contributed by atoms with Crippen molar-refractivity contribution in [2.24, 2.45) is 0 Å². The van der Waals surface area contributed by atoms with Crippen LogP contribution in [-0.4, -0.2) is 27.3 Å². The summed E-state index contributed by atoms with van der Waals surface area (Å²) < 4.78 is 63.3.